The summed E-state index contributed by atoms with van der Waals surface area (Å²) in [6.45, 7) is 0.182. The van der Waals surface area contributed by atoms with Crippen molar-refractivity contribution in [1.29, 1.82) is 0 Å². The van der Waals surface area contributed by atoms with Crippen LogP contribution in [0, 0.1) is 0 Å². The molecular formula is C25H17BN2O. The van der Waals surface area contributed by atoms with Crippen LogP contribution in [0.15, 0.2) is 72.8 Å². The molecule has 7 rings (SSSR count). The fourth-order valence-corrected chi connectivity index (χ4v) is 5.23. The predicted molar refractivity (Wildman–Crippen MR) is 120 cm³/mol. The van der Waals surface area contributed by atoms with E-state index in [4.69, 9.17) is 10.5 Å². The molecule has 0 aromatic heterocycles. The highest BCUT2D eigenvalue weighted by molar-refractivity contribution is 6.99. The van der Waals surface area contributed by atoms with E-state index in [0.29, 0.717) is 0 Å². The summed E-state index contributed by atoms with van der Waals surface area (Å²) in [5.74, 6) is 1.90. The maximum Gasteiger partial charge on any atom is 0.256 e. The number of ether oxygens (including phenoxy) is 1. The maximum atomic E-state index is 6.44. The Morgan fingerprint density at radius 2 is 1.62 bits per heavy atom. The molecule has 0 bridgehead atoms. The number of nitrogens with one attached hydrogen (secondary N) is 1. The summed E-state index contributed by atoms with van der Waals surface area (Å²) in [7, 11) is 0. The number of rotatable bonds is 0. The van der Waals surface area contributed by atoms with Gasteiger partial charge in [-0.2, -0.15) is 0 Å². The van der Waals surface area contributed by atoms with Crippen molar-refractivity contribution in [3.8, 4) is 22.6 Å². The average Bonchev–Trinajstić information content (AvgIpc) is 3.08. The first-order valence-corrected chi connectivity index (χ1v) is 9.98. The van der Waals surface area contributed by atoms with Gasteiger partial charge in [0.25, 0.3) is 6.71 Å². The molecule has 0 unspecified atom stereocenters. The predicted octanol–water partition coefficient (Wildman–Crippen LogP) is 3.52. The van der Waals surface area contributed by atoms with E-state index in [1.165, 1.54) is 44.3 Å². The molecule has 0 fully saturated rings. The summed E-state index contributed by atoms with van der Waals surface area (Å²) >= 11 is 0. The third-order valence-corrected chi connectivity index (χ3v) is 6.46. The minimum atomic E-state index is 0.182. The lowest BCUT2D eigenvalue weighted by atomic mass is 9.34. The quantitative estimate of drug-likeness (QED) is 0.316. The molecule has 2 heterocycles. The van der Waals surface area contributed by atoms with E-state index in [1.54, 1.807) is 0 Å². The molecular weight excluding hydrogens is 355 g/mol. The number of fused-ring (bicyclic) bond motifs is 7. The highest BCUT2D eigenvalue weighted by Gasteiger charge is 2.39. The van der Waals surface area contributed by atoms with Gasteiger partial charge in [-0.1, -0.05) is 36.4 Å². The normalized spacial score (nSPS) is 14.0. The van der Waals surface area contributed by atoms with Crippen molar-refractivity contribution in [3.63, 3.8) is 0 Å². The van der Waals surface area contributed by atoms with Gasteiger partial charge in [-0.15, -0.1) is 0 Å². The minimum Gasteiger partial charge on any atom is -0.458 e. The number of hydrogen-bond donors (Lipinski definition) is 2. The zero-order chi connectivity index (χ0) is 19.1. The highest BCUT2D eigenvalue weighted by atomic mass is 16.5. The van der Waals surface area contributed by atoms with E-state index in [1.807, 2.05) is 6.07 Å². The lowest BCUT2D eigenvalue weighted by Crippen LogP contribution is -2.58. The first-order valence-electron chi connectivity index (χ1n) is 9.98. The third-order valence-electron chi connectivity index (χ3n) is 6.46. The molecule has 3 N–H and O–H groups in total. The fraction of sp³-hybridized carbons (Fsp3) is 0.0400. The van der Waals surface area contributed by atoms with Gasteiger partial charge in [-0.3, -0.25) is 0 Å². The molecule has 0 atom stereocenters. The van der Waals surface area contributed by atoms with Crippen molar-refractivity contribution in [3.05, 3.63) is 83.9 Å². The van der Waals surface area contributed by atoms with Crippen LogP contribution >= 0.6 is 0 Å². The molecule has 136 valence electrons. The molecule has 3 nitrogen and oxygen atoms in total. The Morgan fingerprint density at radius 1 is 0.759 bits per heavy atom. The molecule has 4 heteroatoms. The van der Waals surface area contributed by atoms with Gasteiger partial charge in [0.2, 0.25) is 0 Å². The SMILES string of the molecule is Nc1ccc2c(c1)Cc1cc3c(cc1-2)Oc1cccc2c1B3c1ccccc1N2. The number of nitrogens with two attached hydrogens (primary N) is 1. The number of hydrogen-bond acceptors (Lipinski definition) is 3. The minimum absolute atomic E-state index is 0.182. The van der Waals surface area contributed by atoms with Crippen LogP contribution in [0.3, 0.4) is 0 Å². The van der Waals surface area contributed by atoms with E-state index in [9.17, 15) is 0 Å². The van der Waals surface area contributed by atoms with Crippen LogP contribution in [0.5, 0.6) is 11.5 Å². The summed E-state index contributed by atoms with van der Waals surface area (Å²) in [5.41, 5.74) is 18.1. The van der Waals surface area contributed by atoms with E-state index < -0.39 is 0 Å². The largest absolute Gasteiger partial charge is 0.458 e. The Labute approximate surface area is 169 Å². The van der Waals surface area contributed by atoms with E-state index in [2.05, 4.69) is 72.0 Å². The number of benzene rings is 4. The maximum absolute atomic E-state index is 6.44. The number of nitrogen functional groups attached to an aromatic ring is 1. The third kappa shape index (κ3) is 1.98. The van der Waals surface area contributed by atoms with Gasteiger partial charge in [0.15, 0.2) is 0 Å². The van der Waals surface area contributed by atoms with Gasteiger partial charge in [0.1, 0.15) is 11.5 Å². The lowest BCUT2D eigenvalue weighted by Gasteiger charge is -2.34. The summed E-state index contributed by atoms with van der Waals surface area (Å²) < 4.78 is 6.44. The Balaban J connectivity index is 1.49. The van der Waals surface area contributed by atoms with Crippen LogP contribution in [0.2, 0.25) is 0 Å². The van der Waals surface area contributed by atoms with Gasteiger partial charge >= 0.3 is 0 Å². The zero-order valence-corrected chi connectivity index (χ0v) is 15.7. The summed E-state index contributed by atoms with van der Waals surface area (Å²) in [6.07, 6.45) is 0.921. The average molecular weight is 372 g/mol. The summed E-state index contributed by atoms with van der Waals surface area (Å²) in [6, 6.07) is 25.7. The molecule has 0 spiro atoms. The zero-order valence-electron chi connectivity index (χ0n) is 15.7. The monoisotopic (exact) mass is 372 g/mol. The smallest absolute Gasteiger partial charge is 0.256 e. The first kappa shape index (κ1) is 15.3. The molecule has 2 aliphatic heterocycles. The van der Waals surface area contributed by atoms with Gasteiger partial charge < -0.3 is 15.8 Å². The molecule has 0 amide bonds. The standard InChI is InChI=1S/C25H17BN2O/c27-16-8-9-17-14(11-16)10-15-12-20-24(13-18(15)17)29-23-7-3-6-22-25(23)26(20)19-4-1-2-5-21(19)28-22/h1-9,11-13,28H,10,27H2. The Hall–Kier alpha value is -3.66. The van der Waals surface area contributed by atoms with Crippen LogP contribution in [0.4, 0.5) is 17.1 Å². The van der Waals surface area contributed by atoms with Crippen molar-refractivity contribution < 1.29 is 4.74 Å². The Morgan fingerprint density at radius 3 is 2.59 bits per heavy atom. The Kier molecular flexibility index (Phi) is 2.76. The van der Waals surface area contributed by atoms with Gasteiger partial charge in [-0.05, 0) is 81.5 Å². The van der Waals surface area contributed by atoms with Crippen LogP contribution in [0.25, 0.3) is 11.1 Å². The van der Waals surface area contributed by atoms with Gasteiger partial charge in [-0.25, -0.2) is 0 Å². The molecule has 0 saturated carbocycles. The van der Waals surface area contributed by atoms with Gasteiger partial charge in [0.05, 0.1) is 0 Å². The van der Waals surface area contributed by atoms with Crippen molar-refractivity contribution in [2.24, 2.45) is 0 Å². The van der Waals surface area contributed by atoms with E-state index in [0.717, 1.165) is 29.3 Å². The van der Waals surface area contributed by atoms with Crippen LogP contribution < -0.4 is 32.2 Å². The van der Waals surface area contributed by atoms with Crippen LogP contribution in [-0.2, 0) is 6.42 Å². The summed E-state index contributed by atoms with van der Waals surface area (Å²) in [5, 5.41) is 3.59. The molecule has 4 aromatic carbocycles. The molecule has 0 saturated heterocycles. The lowest BCUT2D eigenvalue weighted by molar-refractivity contribution is 0.488. The summed E-state index contributed by atoms with van der Waals surface area (Å²) in [4.78, 5) is 0. The van der Waals surface area contributed by atoms with Crippen molar-refractivity contribution in [2.45, 2.75) is 6.42 Å². The molecule has 0 radical (unpaired) electrons. The molecule has 3 aliphatic rings. The van der Waals surface area contributed by atoms with Crippen molar-refractivity contribution >= 4 is 40.2 Å². The van der Waals surface area contributed by atoms with Crippen LogP contribution in [0.1, 0.15) is 11.1 Å². The van der Waals surface area contributed by atoms with E-state index >= 15 is 0 Å². The second-order valence-corrected chi connectivity index (χ2v) is 8.11. The topological polar surface area (TPSA) is 47.3 Å². The van der Waals surface area contributed by atoms with E-state index in [-0.39, 0.29) is 6.71 Å². The highest BCUT2D eigenvalue weighted by Crippen LogP contribution is 2.41. The fourth-order valence-electron chi connectivity index (χ4n) is 5.23. The second-order valence-electron chi connectivity index (χ2n) is 8.11. The first-order chi connectivity index (χ1) is 14.3. The van der Waals surface area contributed by atoms with Crippen molar-refractivity contribution in [2.75, 3.05) is 11.1 Å². The van der Waals surface area contributed by atoms with Crippen molar-refractivity contribution in [1.82, 2.24) is 0 Å². The second kappa shape index (κ2) is 5.23. The number of anilines is 3. The van der Waals surface area contributed by atoms with Crippen LogP contribution in [-0.4, -0.2) is 6.71 Å². The Bertz CT molecular complexity index is 1360. The molecule has 1 aliphatic carbocycles. The molecule has 29 heavy (non-hydrogen) atoms. The molecule has 4 aromatic rings. The number of para-hydroxylation sites is 1. The van der Waals surface area contributed by atoms with Gasteiger partial charge in [0, 0.05) is 17.1 Å².